The Kier molecular flexibility index (Phi) is 6.17. The monoisotopic (exact) mass is 377 g/mol. The summed E-state index contributed by atoms with van der Waals surface area (Å²) in [5.74, 6) is -0.507. The minimum Gasteiger partial charge on any atom is -0.482 e. The van der Waals surface area contributed by atoms with Crippen LogP contribution in [0.1, 0.15) is 18.1 Å². The largest absolute Gasteiger partial charge is 0.482 e. The first-order valence-electron chi connectivity index (χ1n) is 6.90. The van der Waals surface area contributed by atoms with E-state index in [4.69, 9.17) is 14.7 Å². The molecule has 0 aromatic heterocycles. The summed E-state index contributed by atoms with van der Waals surface area (Å²) in [7, 11) is 0. The minimum atomic E-state index is -1.01. The number of carbonyl (C=O) groups is 1. The number of aliphatic carboxylic acids is 1. The number of halogens is 1. The predicted molar refractivity (Wildman–Crippen MR) is 90.7 cm³/mol. The molecule has 0 aliphatic carbocycles. The summed E-state index contributed by atoms with van der Waals surface area (Å²) >= 11 is 3.38. The Balaban J connectivity index is 1.89. The van der Waals surface area contributed by atoms with Gasteiger partial charge in [-0.25, -0.2) is 4.79 Å². The molecule has 6 heteroatoms. The zero-order chi connectivity index (χ0) is 16.7. The third-order valence-corrected chi connectivity index (χ3v) is 3.51. The summed E-state index contributed by atoms with van der Waals surface area (Å²) in [4.78, 5) is 15.8. The number of carboxylic acids is 1. The van der Waals surface area contributed by atoms with E-state index in [9.17, 15) is 4.79 Å². The molecule has 2 aromatic carbocycles. The zero-order valence-corrected chi connectivity index (χ0v) is 14.1. The highest BCUT2D eigenvalue weighted by Crippen LogP contribution is 2.14. The molecule has 0 heterocycles. The number of carboxylic acid groups (broad SMARTS) is 1. The highest BCUT2D eigenvalue weighted by atomic mass is 79.9. The summed E-state index contributed by atoms with van der Waals surface area (Å²) in [6.45, 7) is 1.88. The SMILES string of the molecule is CC(=NOCc1ccc(Br)cc1)c1ccc(OCC(=O)O)cc1. The molecule has 23 heavy (non-hydrogen) atoms. The summed E-state index contributed by atoms with van der Waals surface area (Å²) in [6, 6.07) is 14.8. The molecule has 2 rings (SSSR count). The summed E-state index contributed by atoms with van der Waals surface area (Å²) < 4.78 is 6.10. The lowest BCUT2D eigenvalue weighted by atomic mass is 10.1. The zero-order valence-electron chi connectivity index (χ0n) is 12.5. The molecule has 120 valence electrons. The number of ether oxygens (including phenoxy) is 1. The van der Waals surface area contributed by atoms with Gasteiger partial charge in [-0.1, -0.05) is 33.2 Å². The molecule has 0 saturated carbocycles. The molecular weight excluding hydrogens is 362 g/mol. The van der Waals surface area contributed by atoms with Gasteiger partial charge >= 0.3 is 5.97 Å². The van der Waals surface area contributed by atoms with Crippen LogP contribution in [0.4, 0.5) is 0 Å². The molecule has 0 fully saturated rings. The van der Waals surface area contributed by atoms with Crippen molar-refractivity contribution >= 4 is 27.6 Å². The Morgan fingerprint density at radius 2 is 1.78 bits per heavy atom. The Labute approximate surface area is 142 Å². The number of hydrogen-bond acceptors (Lipinski definition) is 4. The van der Waals surface area contributed by atoms with E-state index >= 15 is 0 Å². The topological polar surface area (TPSA) is 68.1 Å². The molecule has 2 aromatic rings. The molecule has 0 atom stereocenters. The van der Waals surface area contributed by atoms with Gasteiger partial charge in [0.25, 0.3) is 0 Å². The van der Waals surface area contributed by atoms with Crippen LogP contribution >= 0.6 is 15.9 Å². The highest BCUT2D eigenvalue weighted by molar-refractivity contribution is 9.10. The average molecular weight is 378 g/mol. The lowest BCUT2D eigenvalue weighted by molar-refractivity contribution is -0.139. The van der Waals surface area contributed by atoms with Crippen LogP contribution in [-0.2, 0) is 16.2 Å². The fourth-order valence-corrected chi connectivity index (χ4v) is 2.04. The molecule has 5 nitrogen and oxygen atoms in total. The van der Waals surface area contributed by atoms with E-state index in [1.807, 2.05) is 31.2 Å². The lowest BCUT2D eigenvalue weighted by Crippen LogP contribution is -2.09. The molecule has 0 spiro atoms. The van der Waals surface area contributed by atoms with Gasteiger partial charge in [0.05, 0.1) is 5.71 Å². The fourth-order valence-electron chi connectivity index (χ4n) is 1.77. The van der Waals surface area contributed by atoms with Crippen LogP contribution in [0.2, 0.25) is 0 Å². The standard InChI is InChI=1S/C17H16BrNO4/c1-12(19-23-10-13-2-6-15(18)7-3-13)14-4-8-16(9-5-14)22-11-17(20)21/h2-9H,10-11H2,1H3,(H,20,21). The van der Waals surface area contributed by atoms with Crippen molar-refractivity contribution in [1.82, 2.24) is 0 Å². The average Bonchev–Trinajstić information content (AvgIpc) is 2.55. The second-order valence-corrected chi connectivity index (χ2v) is 5.70. The Bertz CT molecular complexity index is 681. The van der Waals surface area contributed by atoms with Gasteiger partial charge in [-0.15, -0.1) is 0 Å². The van der Waals surface area contributed by atoms with Crippen LogP contribution in [0.3, 0.4) is 0 Å². The Hall–Kier alpha value is -2.34. The number of hydrogen-bond donors (Lipinski definition) is 1. The third kappa shape index (κ3) is 5.75. The van der Waals surface area contributed by atoms with E-state index in [1.165, 1.54) is 0 Å². The number of oxime groups is 1. The maximum atomic E-state index is 10.4. The number of rotatable bonds is 7. The van der Waals surface area contributed by atoms with E-state index in [0.717, 1.165) is 21.3 Å². The Morgan fingerprint density at radius 3 is 2.39 bits per heavy atom. The summed E-state index contributed by atoms with van der Waals surface area (Å²) in [5, 5.41) is 12.6. The second kappa shape index (κ2) is 8.33. The second-order valence-electron chi connectivity index (χ2n) is 4.78. The van der Waals surface area contributed by atoms with Crippen molar-refractivity contribution in [2.75, 3.05) is 6.61 Å². The first-order valence-corrected chi connectivity index (χ1v) is 7.70. The number of nitrogens with zero attached hydrogens (tertiary/aromatic N) is 1. The van der Waals surface area contributed by atoms with Crippen molar-refractivity contribution in [3.8, 4) is 5.75 Å². The normalized spacial score (nSPS) is 11.1. The van der Waals surface area contributed by atoms with Gasteiger partial charge in [0, 0.05) is 4.47 Å². The molecule has 0 unspecified atom stereocenters. The maximum Gasteiger partial charge on any atom is 0.341 e. The van der Waals surface area contributed by atoms with Gasteiger partial charge in [0.1, 0.15) is 12.4 Å². The van der Waals surface area contributed by atoms with Crippen LogP contribution in [-0.4, -0.2) is 23.4 Å². The van der Waals surface area contributed by atoms with Gasteiger partial charge in [0.15, 0.2) is 6.61 Å². The van der Waals surface area contributed by atoms with Crippen LogP contribution in [0.25, 0.3) is 0 Å². The molecule has 0 radical (unpaired) electrons. The van der Waals surface area contributed by atoms with Crippen molar-refractivity contribution in [2.45, 2.75) is 13.5 Å². The van der Waals surface area contributed by atoms with Crippen molar-refractivity contribution in [1.29, 1.82) is 0 Å². The van der Waals surface area contributed by atoms with Crippen molar-refractivity contribution < 1.29 is 19.5 Å². The third-order valence-electron chi connectivity index (χ3n) is 2.98. The molecule has 0 amide bonds. The van der Waals surface area contributed by atoms with Gasteiger partial charge < -0.3 is 14.7 Å². The highest BCUT2D eigenvalue weighted by Gasteiger charge is 2.02. The number of benzene rings is 2. The quantitative estimate of drug-likeness (QED) is 0.587. The molecule has 0 bridgehead atoms. The van der Waals surface area contributed by atoms with Gasteiger partial charge in [-0.3, -0.25) is 0 Å². The maximum absolute atomic E-state index is 10.4. The first kappa shape index (κ1) is 17.0. The van der Waals surface area contributed by atoms with E-state index in [0.29, 0.717) is 12.4 Å². The summed E-state index contributed by atoms with van der Waals surface area (Å²) in [6.07, 6.45) is 0. The van der Waals surface area contributed by atoms with E-state index in [2.05, 4.69) is 21.1 Å². The first-order chi connectivity index (χ1) is 11.0. The molecule has 0 saturated heterocycles. The van der Waals surface area contributed by atoms with Gasteiger partial charge in [-0.2, -0.15) is 0 Å². The van der Waals surface area contributed by atoms with Crippen LogP contribution < -0.4 is 4.74 Å². The minimum absolute atomic E-state index is 0.358. The predicted octanol–water partition coefficient (Wildman–Crippen LogP) is 3.85. The molecule has 1 N–H and O–H groups in total. The fraction of sp³-hybridized carbons (Fsp3) is 0.176. The summed E-state index contributed by atoms with van der Waals surface area (Å²) in [5.41, 5.74) is 2.64. The van der Waals surface area contributed by atoms with Crippen molar-refractivity contribution in [2.24, 2.45) is 5.16 Å². The van der Waals surface area contributed by atoms with Crippen molar-refractivity contribution in [3.05, 3.63) is 64.1 Å². The van der Waals surface area contributed by atoms with Crippen molar-refractivity contribution in [3.63, 3.8) is 0 Å². The van der Waals surface area contributed by atoms with Gasteiger partial charge in [0.2, 0.25) is 0 Å². The van der Waals surface area contributed by atoms with Gasteiger partial charge in [-0.05, 0) is 54.4 Å². The molecule has 0 aliphatic rings. The van der Waals surface area contributed by atoms with Crippen LogP contribution in [0, 0.1) is 0 Å². The Morgan fingerprint density at radius 1 is 1.13 bits per heavy atom. The lowest BCUT2D eigenvalue weighted by Gasteiger charge is -2.05. The molecule has 0 aliphatic heterocycles. The van der Waals surface area contributed by atoms with E-state index < -0.39 is 5.97 Å². The van der Waals surface area contributed by atoms with E-state index in [-0.39, 0.29) is 6.61 Å². The smallest absolute Gasteiger partial charge is 0.341 e. The van der Waals surface area contributed by atoms with Crippen LogP contribution in [0.5, 0.6) is 5.75 Å². The van der Waals surface area contributed by atoms with E-state index in [1.54, 1.807) is 24.3 Å². The van der Waals surface area contributed by atoms with Crippen LogP contribution in [0.15, 0.2) is 58.2 Å². The molecular formula is C17H16BrNO4.